The maximum absolute atomic E-state index is 4.51. The molecule has 0 spiro atoms. The molecule has 0 N–H and O–H groups in total. The molecule has 0 unspecified atom stereocenters. The molecule has 0 saturated heterocycles. The van der Waals surface area contributed by atoms with E-state index in [9.17, 15) is 0 Å². The monoisotopic (exact) mass is 255 g/mol. The molecular formula is C14H13N3S. The largest absolute Gasteiger partial charge is 0.252 e. The van der Waals surface area contributed by atoms with Crippen molar-refractivity contribution in [2.24, 2.45) is 0 Å². The van der Waals surface area contributed by atoms with E-state index in [4.69, 9.17) is 0 Å². The molecule has 18 heavy (non-hydrogen) atoms. The van der Waals surface area contributed by atoms with E-state index in [0.717, 1.165) is 17.1 Å². The lowest BCUT2D eigenvalue weighted by Gasteiger charge is -2.06. The normalized spacial score (nSPS) is 10.8. The molecule has 2 heterocycles. The molecule has 0 bridgehead atoms. The minimum Gasteiger partial charge on any atom is -0.252 e. The van der Waals surface area contributed by atoms with Crippen LogP contribution in [0.4, 0.5) is 0 Å². The van der Waals surface area contributed by atoms with Crippen LogP contribution in [0.5, 0.6) is 0 Å². The highest BCUT2D eigenvalue weighted by Crippen LogP contribution is 2.25. The van der Waals surface area contributed by atoms with Crippen molar-refractivity contribution < 1.29 is 0 Å². The number of hydrogen-bond acceptors (Lipinski definition) is 3. The molecule has 0 saturated carbocycles. The van der Waals surface area contributed by atoms with Crippen LogP contribution in [0.3, 0.4) is 0 Å². The van der Waals surface area contributed by atoms with Crippen LogP contribution in [0, 0.1) is 13.8 Å². The second-order valence-corrected chi connectivity index (χ2v) is 5.14. The zero-order valence-corrected chi connectivity index (χ0v) is 11.1. The molecule has 3 rings (SSSR count). The van der Waals surface area contributed by atoms with Crippen LogP contribution in [-0.2, 0) is 0 Å². The van der Waals surface area contributed by atoms with Gasteiger partial charge in [-0.05, 0) is 37.6 Å². The fourth-order valence-electron chi connectivity index (χ4n) is 2.04. The van der Waals surface area contributed by atoms with Gasteiger partial charge in [-0.2, -0.15) is 5.10 Å². The SMILES string of the molecule is Cc1cc(C)n(-c2cccc(-c3cncs3)c2)n1. The Labute approximate surface area is 110 Å². The molecule has 1 aromatic carbocycles. The average molecular weight is 255 g/mol. The highest BCUT2D eigenvalue weighted by molar-refractivity contribution is 7.13. The summed E-state index contributed by atoms with van der Waals surface area (Å²) in [6.07, 6.45) is 1.89. The van der Waals surface area contributed by atoms with Crippen LogP contribution >= 0.6 is 11.3 Å². The lowest BCUT2D eigenvalue weighted by molar-refractivity contribution is 0.834. The highest BCUT2D eigenvalue weighted by Gasteiger charge is 2.05. The van der Waals surface area contributed by atoms with E-state index in [1.54, 1.807) is 11.3 Å². The molecule has 0 aliphatic carbocycles. The summed E-state index contributed by atoms with van der Waals surface area (Å²) in [5.41, 5.74) is 6.31. The van der Waals surface area contributed by atoms with Crippen molar-refractivity contribution in [3.8, 4) is 16.1 Å². The second-order valence-electron chi connectivity index (χ2n) is 4.25. The molecular weight excluding hydrogens is 242 g/mol. The number of aryl methyl sites for hydroxylation is 2. The zero-order valence-electron chi connectivity index (χ0n) is 10.3. The lowest BCUT2D eigenvalue weighted by atomic mass is 10.2. The van der Waals surface area contributed by atoms with E-state index in [-0.39, 0.29) is 0 Å². The van der Waals surface area contributed by atoms with Gasteiger partial charge in [-0.25, -0.2) is 4.68 Å². The predicted octanol–water partition coefficient (Wildman–Crippen LogP) is 3.61. The molecule has 2 aromatic heterocycles. The van der Waals surface area contributed by atoms with Crippen LogP contribution in [0.1, 0.15) is 11.4 Å². The van der Waals surface area contributed by atoms with Gasteiger partial charge >= 0.3 is 0 Å². The molecule has 3 aromatic rings. The number of nitrogens with zero attached hydrogens (tertiary/aromatic N) is 3. The first kappa shape index (κ1) is 11.2. The van der Waals surface area contributed by atoms with Crippen molar-refractivity contribution >= 4 is 11.3 Å². The van der Waals surface area contributed by atoms with Gasteiger partial charge in [0.05, 0.1) is 21.8 Å². The van der Waals surface area contributed by atoms with E-state index < -0.39 is 0 Å². The Balaban J connectivity index is 2.09. The van der Waals surface area contributed by atoms with Gasteiger partial charge in [-0.15, -0.1) is 11.3 Å². The highest BCUT2D eigenvalue weighted by atomic mass is 32.1. The molecule has 0 atom stereocenters. The summed E-state index contributed by atoms with van der Waals surface area (Å²) < 4.78 is 1.97. The molecule has 0 aliphatic rings. The van der Waals surface area contributed by atoms with E-state index >= 15 is 0 Å². The van der Waals surface area contributed by atoms with E-state index in [1.165, 1.54) is 10.4 Å². The van der Waals surface area contributed by atoms with Crippen molar-refractivity contribution in [2.45, 2.75) is 13.8 Å². The van der Waals surface area contributed by atoms with Gasteiger partial charge < -0.3 is 0 Å². The Bertz CT molecular complexity index is 668. The number of thiazole rings is 1. The summed E-state index contributed by atoms with van der Waals surface area (Å²) in [6.45, 7) is 4.08. The minimum absolute atomic E-state index is 1.04. The summed E-state index contributed by atoms with van der Waals surface area (Å²) in [4.78, 5) is 5.30. The van der Waals surface area contributed by atoms with E-state index in [2.05, 4.69) is 47.3 Å². The van der Waals surface area contributed by atoms with E-state index in [1.807, 2.05) is 23.3 Å². The third-order valence-electron chi connectivity index (χ3n) is 2.82. The quantitative estimate of drug-likeness (QED) is 0.700. The van der Waals surface area contributed by atoms with Crippen molar-refractivity contribution in [2.75, 3.05) is 0 Å². The van der Waals surface area contributed by atoms with Crippen LogP contribution in [0.15, 0.2) is 42.0 Å². The average Bonchev–Trinajstić information content (AvgIpc) is 2.99. The number of benzene rings is 1. The smallest absolute Gasteiger partial charge is 0.0797 e. The molecule has 90 valence electrons. The van der Waals surface area contributed by atoms with Crippen LogP contribution < -0.4 is 0 Å². The van der Waals surface area contributed by atoms with Crippen LogP contribution in [0.25, 0.3) is 16.1 Å². The van der Waals surface area contributed by atoms with Gasteiger partial charge in [0.15, 0.2) is 0 Å². The molecule has 0 fully saturated rings. The Morgan fingerprint density at radius 3 is 2.72 bits per heavy atom. The summed E-state index contributed by atoms with van der Waals surface area (Å²) >= 11 is 1.65. The standard InChI is InChI=1S/C14H13N3S/c1-10-6-11(2)17(16-10)13-5-3-4-12(7-13)14-8-15-9-18-14/h3-9H,1-2H3. The topological polar surface area (TPSA) is 30.7 Å². The van der Waals surface area contributed by atoms with Crippen molar-refractivity contribution in [3.05, 3.63) is 53.4 Å². The zero-order chi connectivity index (χ0) is 12.5. The predicted molar refractivity (Wildman–Crippen MR) is 74.1 cm³/mol. The molecule has 0 aliphatic heterocycles. The van der Waals surface area contributed by atoms with Gasteiger partial charge in [-0.3, -0.25) is 4.98 Å². The molecule has 0 radical (unpaired) electrons. The minimum atomic E-state index is 1.04. The fourth-order valence-corrected chi connectivity index (χ4v) is 2.66. The summed E-state index contributed by atoms with van der Waals surface area (Å²) in [5.74, 6) is 0. The number of aromatic nitrogens is 3. The number of hydrogen-bond donors (Lipinski definition) is 0. The Morgan fingerprint density at radius 1 is 1.17 bits per heavy atom. The third kappa shape index (κ3) is 1.95. The molecule has 4 heteroatoms. The summed E-state index contributed by atoms with van der Waals surface area (Å²) in [5, 5.41) is 4.51. The first-order valence-electron chi connectivity index (χ1n) is 5.76. The van der Waals surface area contributed by atoms with Crippen LogP contribution in [-0.4, -0.2) is 14.8 Å². The van der Waals surface area contributed by atoms with Crippen LogP contribution in [0.2, 0.25) is 0 Å². The third-order valence-corrected chi connectivity index (χ3v) is 3.64. The Hall–Kier alpha value is -1.94. The van der Waals surface area contributed by atoms with Crippen molar-refractivity contribution in [1.82, 2.24) is 14.8 Å². The summed E-state index contributed by atoms with van der Waals surface area (Å²) in [6, 6.07) is 10.5. The first-order valence-corrected chi connectivity index (χ1v) is 6.64. The summed E-state index contributed by atoms with van der Waals surface area (Å²) in [7, 11) is 0. The van der Waals surface area contributed by atoms with Gasteiger partial charge in [0.2, 0.25) is 0 Å². The Kier molecular flexibility index (Phi) is 2.72. The lowest BCUT2D eigenvalue weighted by Crippen LogP contribution is -1.98. The maximum atomic E-state index is 4.51. The Morgan fingerprint density at radius 2 is 2.06 bits per heavy atom. The van der Waals surface area contributed by atoms with Gasteiger partial charge in [-0.1, -0.05) is 12.1 Å². The second kappa shape index (κ2) is 4.38. The number of rotatable bonds is 2. The fraction of sp³-hybridized carbons (Fsp3) is 0.143. The molecule has 0 amide bonds. The van der Waals surface area contributed by atoms with E-state index in [0.29, 0.717) is 0 Å². The van der Waals surface area contributed by atoms with Gasteiger partial charge in [0, 0.05) is 11.9 Å². The molecule has 3 nitrogen and oxygen atoms in total. The maximum Gasteiger partial charge on any atom is 0.0797 e. The van der Waals surface area contributed by atoms with Crippen molar-refractivity contribution in [1.29, 1.82) is 0 Å². The van der Waals surface area contributed by atoms with Gasteiger partial charge in [0.1, 0.15) is 0 Å². The first-order chi connectivity index (χ1) is 8.74. The van der Waals surface area contributed by atoms with Gasteiger partial charge in [0.25, 0.3) is 0 Å². The van der Waals surface area contributed by atoms with Crippen molar-refractivity contribution in [3.63, 3.8) is 0 Å².